The van der Waals surface area contributed by atoms with Gasteiger partial charge in [-0.2, -0.15) is 0 Å². The number of amides is 2. The van der Waals surface area contributed by atoms with Gasteiger partial charge < -0.3 is 19.6 Å². The minimum Gasteiger partial charge on any atom is -0.353 e. The van der Waals surface area contributed by atoms with E-state index in [1.807, 2.05) is 15.9 Å². The molecule has 2 aliphatic rings. The first kappa shape index (κ1) is 16.5. The summed E-state index contributed by atoms with van der Waals surface area (Å²) in [5.41, 5.74) is 0. The molecule has 1 aromatic heterocycles. The highest BCUT2D eigenvalue weighted by Crippen LogP contribution is 2.20. The van der Waals surface area contributed by atoms with Gasteiger partial charge in [-0.25, -0.2) is 9.97 Å². The predicted molar refractivity (Wildman–Crippen MR) is 91.0 cm³/mol. The van der Waals surface area contributed by atoms with Crippen LogP contribution in [0.4, 0.5) is 11.6 Å². The summed E-state index contributed by atoms with van der Waals surface area (Å²) in [4.78, 5) is 39.7. The zero-order valence-electron chi connectivity index (χ0n) is 14.3. The summed E-state index contributed by atoms with van der Waals surface area (Å²) >= 11 is 0. The summed E-state index contributed by atoms with van der Waals surface area (Å²) < 4.78 is 0. The van der Waals surface area contributed by atoms with Crippen LogP contribution in [0.3, 0.4) is 0 Å². The van der Waals surface area contributed by atoms with Crippen LogP contribution in [0.15, 0.2) is 12.4 Å². The van der Waals surface area contributed by atoms with Gasteiger partial charge in [0.05, 0.1) is 0 Å². The van der Waals surface area contributed by atoms with E-state index in [1.165, 1.54) is 0 Å². The molecule has 8 heteroatoms. The molecule has 0 radical (unpaired) electrons. The Morgan fingerprint density at radius 2 is 1.12 bits per heavy atom. The lowest BCUT2D eigenvalue weighted by molar-refractivity contribution is -0.129. The van der Waals surface area contributed by atoms with Crippen LogP contribution in [-0.4, -0.2) is 83.9 Å². The molecule has 0 bridgehead atoms. The summed E-state index contributed by atoms with van der Waals surface area (Å²) in [6.07, 6.45) is 1.60. The average molecular weight is 332 g/mol. The quantitative estimate of drug-likeness (QED) is 0.748. The van der Waals surface area contributed by atoms with Crippen LogP contribution in [0, 0.1) is 0 Å². The van der Waals surface area contributed by atoms with Crippen molar-refractivity contribution in [2.75, 3.05) is 62.2 Å². The highest BCUT2D eigenvalue weighted by Gasteiger charge is 2.22. The lowest BCUT2D eigenvalue weighted by atomic mass is 10.3. The molecule has 2 fully saturated rings. The van der Waals surface area contributed by atoms with Crippen molar-refractivity contribution in [2.45, 2.75) is 13.8 Å². The normalized spacial score (nSPS) is 18.8. The van der Waals surface area contributed by atoms with Crippen molar-refractivity contribution >= 4 is 23.5 Å². The molecule has 0 saturated carbocycles. The van der Waals surface area contributed by atoms with Gasteiger partial charge in [-0.1, -0.05) is 0 Å². The molecule has 0 aromatic carbocycles. The fourth-order valence-corrected chi connectivity index (χ4v) is 3.18. The number of piperazine rings is 2. The number of rotatable bonds is 2. The SMILES string of the molecule is CC(=O)N1CCN(c2cc(N3CCN(C(C)=O)CC3)ncn2)CC1. The van der Waals surface area contributed by atoms with E-state index in [0.29, 0.717) is 0 Å². The van der Waals surface area contributed by atoms with E-state index in [2.05, 4.69) is 19.8 Å². The highest BCUT2D eigenvalue weighted by molar-refractivity contribution is 5.74. The number of carbonyl (C=O) groups excluding carboxylic acids is 2. The first-order valence-electron chi connectivity index (χ1n) is 8.37. The first-order chi connectivity index (χ1) is 11.5. The Morgan fingerprint density at radius 3 is 1.46 bits per heavy atom. The number of aromatic nitrogens is 2. The Morgan fingerprint density at radius 1 is 0.750 bits per heavy atom. The molecule has 2 aliphatic heterocycles. The molecule has 2 saturated heterocycles. The Balaban J connectivity index is 1.63. The van der Waals surface area contributed by atoms with Gasteiger partial charge in [0.15, 0.2) is 0 Å². The van der Waals surface area contributed by atoms with Crippen molar-refractivity contribution in [3.05, 3.63) is 12.4 Å². The van der Waals surface area contributed by atoms with Crippen LogP contribution in [-0.2, 0) is 9.59 Å². The lowest BCUT2D eigenvalue weighted by Crippen LogP contribution is -2.49. The van der Waals surface area contributed by atoms with Gasteiger partial charge in [0.1, 0.15) is 18.0 Å². The van der Waals surface area contributed by atoms with Crippen molar-refractivity contribution < 1.29 is 9.59 Å². The fourth-order valence-electron chi connectivity index (χ4n) is 3.18. The first-order valence-corrected chi connectivity index (χ1v) is 8.37. The Hall–Kier alpha value is -2.38. The molecule has 8 nitrogen and oxygen atoms in total. The van der Waals surface area contributed by atoms with E-state index in [4.69, 9.17) is 0 Å². The molecule has 0 spiro atoms. The van der Waals surface area contributed by atoms with Gasteiger partial charge in [-0.3, -0.25) is 9.59 Å². The van der Waals surface area contributed by atoms with E-state index in [0.717, 1.165) is 64.0 Å². The molecular formula is C16H24N6O2. The number of hydrogen-bond donors (Lipinski definition) is 0. The lowest BCUT2D eigenvalue weighted by Gasteiger charge is -2.36. The molecule has 0 unspecified atom stereocenters. The predicted octanol–water partition coefficient (Wildman–Crippen LogP) is -0.186. The average Bonchev–Trinajstić information content (AvgIpc) is 2.62. The van der Waals surface area contributed by atoms with Crippen LogP contribution >= 0.6 is 0 Å². The summed E-state index contributed by atoms with van der Waals surface area (Å²) in [5, 5.41) is 0. The topological polar surface area (TPSA) is 72.9 Å². The standard InChI is InChI=1S/C16H24N6O2/c1-13(23)19-3-7-21(8-4-19)15-11-16(18-12-17-15)22-9-5-20(6-10-22)14(2)24/h11-12H,3-10H2,1-2H3. The maximum Gasteiger partial charge on any atom is 0.219 e. The third-order valence-electron chi connectivity index (χ3n) is 4.74. The third kappa shape index (κ3) is 3.58. The summed E-state index contributed by atoms with van der Waals surface area (Å²) in [6, 6.07) is 2.01. The molecule has 0 atom stereocenters. The van der Waals surface area contributed by atoms with Gasteiger partial charge in [0.2, 0.25) is 11.8 Å². The van der Waals surface area contributed by atoms with Crippen LogP contribution in [0.5, 0.6) is 0 Å². The minimum absolute atomic E-state index is 0.126. The van der Waals surface area contributed by atoms with Gasteiger partial charge in [0.25, 0.3) is 0 Å². The van der Waals surface area contributed by atoms with Gasteiger partial charge >= 0.3 is 0 Å². The van der Waals surface area contributed by atoms with E-state index in [9.17, 15) is 9.59 Å². The van der Waals surface area contributed by atoms with Crippen molar-refractivity contribution in [1.29, 1.82) is 0 Å². The Kier molecular flexibility index (Phi) is 4.82. The second-order valence-corrected chi connectivity index (χ2v) is 6.22. The maximum absolute atomic E-state index is 11.4. The van der Waals surface area contributed by atoms with Crippen molar-refractivity contribution in [3.63, 3.8) is 0 Å². The van der Waals surface area contributed by atoms with Crippen LogP contribution in [0.1, 0.15) is 13.8 Å². The highest BCUT2D eigenvalue weighted by atomic mass is 16.2. The molecule has 130 valence electrons. The monoisotopic (exact) mass is 332 g/mol. The number of hydrogen-bond acceptors (Lipinski definition) is 6. The molecule has 1 aromatic rings. The maximum atomic E-state index is 11.4. The zero-order chi connectivity index (χ0) is 17.1. The van der Waals surface area contributed by atoms with Crippen LogP contribution in [0.2, 0.25) is 0 Å². The zero-order valence-corrected chi connectivity index (χ0v) is 14.3. The van der Waals surface area contributed by atoms with Crippen molar-refractivity contribution in [2.24, 2.45) is 0 Å². The third-order valence-corrected chi connectivity index (χ3v) is 4.74. The largest absolute Gasteiger partial charge is 0.353 e. The van der Waals surface area contributed by atoms with Gasteiger partial charge in [-0.15, -0.1) is 0 Å². The molecule has 2 amide bonds. The Labute approximate surface area is 142 Å². The van der Waals surface area contributed by atoms with Crippen molar-refractivity contribution in [3.8, 4) is 0 Å². The van der Waals surface area contributed by atoms with E-state index >= 15 is 0 Å². The molecule has 0 aliphatic carbocycles. The van der Waals surface area contributed by atoms with Gasteiger partial charge in [-0.05, 0) is 0 Å². The minimum atomic E-state index is 0.126. The second kappa shape index (κ2) is 7.02. The molecule has 0 N–H and O–H groups in total. The summed E-state index contributed by atoms with van der Waals surface area (Å²) in [7, 11) is 0. The van der Waals surface area contributed by atoms with E-state index < -0.39 is 0 Å². The smallest absolute Gasteiger partial charge is 0.219 e. The van der Waals surface area contributed by atoms with Gasteiger partial charge in [0, 0.05) is 72.3 Å². The molecule has 24 heavy (non-hydrogen) atoms. The van der Waals surface area contributed by atoms with E-state index in [-0.39, 0.29) is 11.8 Å². The Bertz CT molecular complexity index is 557. The van der Waals surface area contributed by atoms with Crippen molar-refractivity contribution in [1.82, 2.24) is 19.8 Å². The fraction of sp³-hybridized carbons (Fsp3) is 0.625. The molecular weight excluding hydrogens is 308 g/mol. The number of anilines is 2. The number of carbonyl (C=O) groups is 2. The van der Waals surface area contributed by atoms with Crippen LogP contribution in [0.25, 0.3) is 0 Å². The van der Waals surface area contributed by atoms with E-state index in [1.54, 1.807) is 20.2 Å². The molecule has 3 rings (SSSR count). The molecule has 3 heterocycles. The summed E-state index contributed by atoms with van der Waals surface area (Å²) in [6.45, 7) is 9.28. The summed E-state index contributed by atoms with van der Waals surface area (Å²) in [5.74, 6) is 2.05. The van der Waals surface area contributed by atoms with Crippen LogP contribution < -0.4 is 9.80 Å². The number of nitrogens with zero attached hydrogens (tertiary/aromatic N) is 6. The second-order valence-electron chi connectivity index (χ2n) is 6.22.